The minimum Gasteiger partial charge on any atom is -0.395 e. The Labute approximate surface area is 94.9 Å². The summed E-state index contributed by atoms with van der Waals surface area (Å²) in [7, 11) is 0. The number of aromatic nitrogens is 1. The van der Waals surface area contributed by atoms with Gasteiger partial charge in [-0.15, -0.1) is 0 Å². The van der Waals surface area contributed by atoms with Gasteiger partial charge in [-0.05, 0) is 12.1 Å². The molecular weight excluding hydrogens is 206 g/mol. The van der Waals surface area contributed by atoms with Crippen LogP contribution in [-0.2, 0) is 4.79 Å². The molecule has 16 heavy (non-hydrogen) atoms. The second-order valence-corrected chi connectivity index (χ2v) is 3.73. The zero-order chi connectivity index (χ0) is 12.0. The van der Waals surface area contributed by atoms with Crippen LogP contribution in [0, 0.1) is 5.92 Å². The molecule has 0 saturated heterocycles. The predicted octanol–water partition coefficient (Wildman–Crippen LogP) is 1.08. The number of hydrogen-bond acceptors (Lipinski definition) is 4. The molecule has 0 aromatic carbocycles. The average Bonchev–Trinajstić information content (AvgIpc) is 2.28. The lowest BCUT2D eigenvalue weighted by atomic mass is 10.2. The highest BCUT2D eigenvalue weighted by Crippen LogP contribution is 2.10. The van der Waals surface area contributed by atoms with Crippen LogP contribution in [0.3, 0.4) is 0 Å². The van der Waals surface area contributed by atoms with Crippen LogP contribution < -0.4 is 10.6 Å². The van der Waals surface area contributed by atoms with Crippen molar-refractivity contribution in [3.8, 4) is 0 Å². The fourth-order valence-electron chi connectivity index (χ4n) is 1.04. The number of nitrogens with zero attached hydrogens (tertiary/aromatic N) is 1. The van der Waals surface area contributed by atoms with Crippen LogP contribution in [0.25, 0.3) is 0 Å². The van der Waals surface area contributed by atoms with Gasteiger partial charge in [0.25, 0.3) is 0 Å². The number of carbonyl (C=O) groups is 1. The first-order valence-electron chi connectivity index (χ1n) is 5.25. The van der Waals surface area contributed by atoms with Crippen molar-refractivity contribution < 1.29 is 9.90 Å². The highest BCUT2D eigenvalue weighted by Gasteiger charge is 2.06. The van der Waals surface area contributed by atoms with Crippen LogP contribution in [0.5, 0.6) is 0 Å². The first-order chi connectivity index (χ1) is 7.63. The molecule has 1 aromatic heterocycles. The summed E-state index contributed by atoms with van der Waals surface area (Å²) in [5, 5.41) is 14.3. The van der Waals surface area contributed by atoms with Gasteiger partial charge in [0.15, 0.2) is 0 Å². The fraction of sp³-hybridized carbons (Fsp3) is 0.455. The van der Waals surface area contributed by atoms with Crippen molar-refractivity contribution in [2.45, 2.75) is 13.8 Å². The van der Waals surface area contributed by atoms with Gasteiger partial charge in [-0.1, -0.05) is 13.8 Å². The third kappa shape index (κ3) is 3.86. The Kier molecular flexibility index (Phi) is 4.72. The summed E-state index contributed by atoms with van der Waals surface area (Å²) < 4.78 is 0. The highest BCUT2D eigenvalue weighted by atomic mass is 16.3. The van der Waals surface area contributed by atoms with E-state index in [0.29, 0.717) is 18.1 Å². The molecule has 1 rings (SSSR count). The fourth-order valence-corrected chi connectivity index (χ4v) is 1.04. The van der Waals surface area contributed by atoms with Crippen LogP contribution in [0.4, 0.5) is 11.5 Å². The molecule has 0 atom stereocenters. The zero-order valence-electron chi connectivity index (χ0n) is 9.53. The summed E-state index contributed by atoms with van der Waals surface area (Å²) >= 11 is 0. The molecule has 3 N–H and O–H groups in total. The third-order valence-corrected chi connectivity index (χ3v) is 1.97. The Balaban J connectivity index is 2.54. The topological polar surface area (TPSA) is 74.2 Å². The summed E-state index contributed by atoms with van der Waals surface area (Å²) in [6, 6.07) is 3.53. The van der Waals surface area contributed by atoms with E-state index in [9.17, 15) is 4.79 Å². The van der Waals surface area contributed by atoms with Gasteiger partial charge in [0.2, 0.25) is 5.91 Å². The molecule has 0 aliphatic carbocycles. The maximum Gasteiger partial charge on any atom is 0.226 e. The van der Waals surface area contributed by atoms with Crippen molar-refractivity contribution in [3.05, 3.63) is 18.3 Å². The molecule has 0 aliphatic rings. The first-order valence-corrected chi connectivity index (χ1v) is 5.25. The van der Waals surface area contributed by atoms with Gasteiger partial charge in [-0.25, -0.2) is 4.98 Å². The Bertz CT molecular complexity index is 336. The maximum absolute atomic E-state index is 11.4. The van der Waals surface area contributed by atoms with Gasteiger partial charge < -0.3 is 15.7 Å². The van der Waals surface area contributed by atoms with Gasteiger partial charge >= 0.3 is 0 Å². The van der Waals surface area contributed by atoms with Crippen LogP contribution >= 0.6 is 0 Å². The molecule has 0 aliphatic heterocycles. The van der Waals surface area contributed by atoms with Crippen molar-refractivity contribution in [2.24, 2.45) is 5.92 Å². The number of aliphatic hydroxyl groups is 1. The number of hydrogen-bond donors (Lipinski definition) is 3. The third-order valence-electron chi connectivity index (χ3n) is 1.97. The lowest BCUT2D eigenvalue weighted by molar-refractivity contribution is -0.118. The number of pyridine rings is 1. The highest BCUT2D eigenvalue weighted by molar-refractivity contribution is 5.91. The van der Waals surface area contributed by atoms with E-state index < -0.39 is 0 Å². The Hall–Kier alpha value is -1.62. The second-order valence-electron chi connectivity index (χ2n) is 3.73. The van der Waals surface area contributed by atoms with Crippen LogP contribution in [0.15, 0.2) is 18.3 Å². The Morgan fingerprint density at radius 2 is 2.25 bits per heavy atom. The minimum atomic E-state index is -0.0489. The molecule has 5 heteroatoms. The number of rotatable bonds is 5. The molecule has 0 radical (unpaired) electrons. The summed E-state index contributed by atoms with van der Waals surface area (Å²) in [4.78, 5) is 15.5. The Morgan fingerprint density at radius 3 is 2.75 bits per heavy atom. The number of aliphatic hydroxyl groups excluding tert-OH is 1. The zero-order valence-corrected chi connectivity index (χ0v) is 9.53. The lowest BCUT2D eigenvalue weighted by Crippen LogP contribution is -2.17. The normalized spacial score (nSPS) is 10.2. The van der Waals surface area contributed by atoms with Crippen molar-refractivity contribution in [1.29, 1.82) is 0 Å². The van der Waals surface area contributed by atoms with E-state index in [-0.39, 0.29) is 18.4 Å². The van der Waals surface area contributed by atoms with E-state index in [0.717, 1.165) is 0 Å². The number of anilines is 2. The summed E-state index contributed by atoms with van der Waals surface area (Å²) in [5.74, 6) is 0.599. The molecule has 1 aromatic rings. The molecular formula is C11H17N3O2. The van der Waals surface area contributed by atoms with Gasteiger partial charge in [0.05, 0.1) is 18.5 Å². The molecule has 1 amide bonds. The molecule has 0 unspecified atom stereocenters. The van der Waals surface area contributed by atoms with Gasteiger partial charge in [0, 0.05) is 12.5 Å². The smallest absolute Gasteiger partial charge is 0.226 e. The Morgan fingerprint density at radius 1 is 1.50 bits per heavy atom. The summed E-state index contributed by atoms with van der Waals surface area (Å²) in [6.45, 7) is 4.19. The maximum atomic E-state index is 11.4. The molecule has 5 nitrogen and oxygen atoms in total. The molecule has 88 valence electrons. The van der Waals surface area contributed by atoms with Crippen molar-refractivity contribution in [1.82, 2.24) is 4.98 Å². The summed E-state index contributed by atoms with van der Waals surface area (Å²) in [5.41, 5.74) is 0.674. The molecule has 0 fully saturated rings. The standard InChI is InChI=1S/C11H17N3O2/c1-8(2)11(16)14-9-3-4-10(13-7-9)12-5-6-15/h3-4,7-8,15H,5-6H2,1-2H3,(H,12,13)(H,14,16). The van der Waals surface area contributed by atoms with Crippen LogP contribution in [0.1, 0.15) is 13.8 Å². The number of amides is 1. The first kappa shape index (κ1) is 12.4. The number of nitrogens with one attached hydrogen (secondary N) is 2. The van der Waals surface area contributed by atoms with Crippen LogP contribution in [0.2, 0.25) is 0 Å². The van der Waals surface area contributed by atoms with E-state index in [1.165, 1.54) is 0 Å². The lowest BCUT2D eigenvalue weighted by Gasteiger charge is -2.08. The monoisotopic (exact) mass is 223 g/mol. The largest absolute Gasteiger partial charge is 0.395 e. The van der Waals surface area contributed by atoms with E-state index in [1.54, 1.807) is 18.3 Å². The predicted molar refractivity (Wildman–Crippen MR) is 63.3 cm³/mol. The molecule has 0 bridgehead atoms. The molecule has 0 saturated carbocycles. The molecule has 0 spiro atoms. The summed E-state index contributed by atoms with van der Waals surface area (Å²) in [6.07, 6.45) is 1.58. The average molecular weight is 223 g/mol. The van der Waals surface area contributed by atoms with E-state index >= 15 is 0 Å². The SMILES string of the molecule is CC(C)C(=O)Nc1ccc(NCCO)nc1. The second kappa shape index (κ2) is 6.07. The molecule has 1 heterocycles. The van der Waals surface area contributed by atoms with E-state index in [4.69, 9.17) is 5.11 Å². The van der Waals surface area contributed by atoms with Crippen molar-refractivity contribution in [2.75, 3.05) is 23.8 Å². The quantitative estimate of drug-likeness (QED) is 0.698. The van der Waals surface area contributed by atoms with Gasteiger partial charge in [0.1, 0.15) is 5.82 Å². The van der Waals surface area contributed by atoms with E-state index in [1.807, 2.05) is 13.8 Å². The minimum absolute atomic E-state index is 0.0298. The van der Waals surface area contributed by atoms with E-state index in [2.05, 4.69) is 15.6 Å². The van der Waals surface area contributed by atoms with Crippen LogP contribution in [-0.4, -0.2) is 29.1 Å². The van der Waals surface area contributed by atoms with Crippen molar-refractivity contribution in [3.63, 3.8) is 0 Å². The number of carbonyl (C=O) groups excluding carboxylic acids is 1. The van der Waals surface area contributed by atoms with Crippen molar-refractivity contribution >= 4 is 17.4 Å². The van der Waals surface area contributed by atoms with Gasteiger partial charge in [-0.3, -0.25) is 4.79 Å². The van der Waals surface area contributed by atoms with Gasteiger partial charge in [-0.2, -0.15) is 0 Å².